The van der Waals surface area contributed by atoms with Crippen molar-refractivity contribution < 1.29 is 9.53 Å². The van der Waals surface area contributed by atoms with Crippen LogP contribution >= 0.6 is 0 Å². The molecule has 1 heterocycles. The molecule has 0 saturated heterocycles. The van der Waals surface area contributed by atoms with Gasteiger partial charge in [0.2, 0.25) is 11.7 Å². The monoisotopic (exact) mass is 209 g/mol. The Kier molecular flexibility index (Phi) is 3.74. The lowest BCUT2D eigenvalue weighted by Gasteiger charge is -2.14. The van der Waals surface area contributed by atoms with Gasteiger partial charge in [-0.05, 0) is 5.92 Å². The van der Waals surface area contributed by atoms with Crippen molar-refractivity contribution >= 4 is 5.78 Å². The number of ether oxygens (including phenoxy) is 1. The number of carbonyl (C=O) groups is 1. The number of aromatic nitrogens is 2. The van der Waals surface area contributed by atoms with Crippen LogP contribution in [0, 0.1) is 5.92 Å². The average molecular weight is 209 g/mol. The first-order chi connectivity index (χ1) is 7.07. The van der Waals surface area contributed by atoms with Gasteiger partial charge in [-0.3, -0.25) is 4.79 Å². The van der Waals surface area contributed by atoms with E-state index < -0.39 is 6.04 Å². The molecule has 5 heteroatoms. The maximum Gasteiger partial charge on any atom is 0.243 e. The minimum absolute atomic E-state index is 0.0595. The van der Waals surface area contributed by atoms with Gasteiger partial charge in [-0.15, -0.1) is 0 Å². The fraction of sp³-hybridized carbons (Fsp3) is 0.500. The molecule has 1 atom stereocenters. The van der Waals surface area contributed by atoms with E-state index >= 15 is 0 Å². The molecule has 5 nitrogen and oxygen atoms in total. The van der Waals surface area contributed by atoms with Crippen molar-refractivity contribution in [2.75, 3.05) is 7.11 Å². The molecule has 1 aromatic rings. The molecule has 1 aromatic heterocycles. The Morgan fingerprint density at radius 2 is 2.00 bits per heavy atom. The lowest BCUT2D eigenvalue weighted by molar-refractivity contribution is 0.0931. The van der Waals surface area contributed by atoms with E-state index in [9.17, 15) is 4.79 Å². The second kappa shape index (κ2) is 4.84. The zero-order chi connectivity index (χ0) is 11.4. The minimum Gasteiger partial charge on any atom is -0.479 e. The summed E-state index contributed by atoms with van der Waals surface area (Å²) in [6.45, 7) is 3.76. The van der Waals surface area contributed by atoms with Crippen LogP contribution in [0.25, 0.3) is 0 Å². The average Bonchev–Trinajstić information content (AvgIpc) is 2.26. The van der Waals surface area contributed by atoms with E-state index in [0.29, 0.717) is 0 Å². The largest absolute Gasteiger partial charge is 0.479 e. The van der Waals surface area contributed by atoms with Crippen molar-refractivity contribution in [1.82, 2.24) is 9.97 Å². The van der Waals surface area contributed by atoms with E-state index in [1.54, 1.807) is 0 Å². The Labute approximate surface area is 88.7 Å². The van der Waals surface area contributed by atoms with Gasteiger partial charge in [0.05, 0.1) is 13.2 Å². The summed E-state index contributed by atoms with van der Waals surface area (Å²) in [5.74, 6) is 0.0396. The maximum absolute atomic E-state index is 11.9. The van der Waals surface area contributed by atoms with Crippen LogP contribution in [0.1, 0.15) is 24.3 Å². The Morgan fingerprint density at radius 1 is 1.40 bits per heavy atom. The van der Waals surface area contributed by atoms with Gasteiger partial charge in [-0.1, -0.05) is 13.8 Å². The molecule has 0 aliphatic rings. The van der Waals surface area contributed by atoms with Gasteiger partial charge >= 0.3 is 0 Å². The summed E-state index contributed by atoms with van der Waals surface area (Å²) >= 11 is 0. The van der Waals surface area contributed by atoms with E-state index in [-0.39, 0.29) is 23.3 Å². The lowest BCUT2D eigenvalue weighted by Crippen LogP contribution is -2.36. The normalized spacial score (nSPS) is 12.6. The highest BCUT2D eigenvalue weighted by Crippen LogP contribution is 2.14. The van der Waals surface area contributed by atoms with Crippen LogP contribution in [0.2, 0.25) is 0 Å². The summed E-state index contributed by atoms with van der Waals surface area (Å²) in [5.41, 5.74) is 5.94. The minimum atomic E-state index is -0.574. The topological polar surface area (TPSA) is 78.1 Å². The summed E-state index contributed by atoms with van der Waals surface area (Å²) in [7, 11) is 1.45. The number of Topliss-reactive ketones (excluding diaryl/α,β-unsaturated/α-hetero) is 1. The number of hydrogen-bond acceptors (Lipinski definition) is 5. The summed E-state index contributed by atoms with van der Waals surface area (Å²) in [6, 6.07) is -0.574. The van der Waals surface area contributed by atoms with Crippen LogP contribution in [0.4, 0.5) is 0 Å². The van der Waals surface area contributed by atoms with Crippen molar-refractivity contribution in [2.24, 2.45) is 11.7 Å². The maximum atomic E-state index is 11.9. The molecule has 2 N–H and O–H groups in total. The Bertz CT molecular complexity index is 352. The van der Waals surface area contributed by atoms with Gasteiger partial charge in [-0.2, -0.15) is 0 Å². The second-order valence-corrected chi connectivity index (χ2v) is 3.55. The molecule has 0 spiro atoms. The van der Waals surface area contributed by atoms with Gasteiger partial charge in [0, 0.05) is 12.4 Å². The van der Waals surface area contributed by atoms with Crippen LogP contribution in [-0.2, 0) is 0 Å². The number of carbonyl (C=O) groups excluding carboxylic acids is 1. The van der Waals surface area contributed by atoms with Gasteiger partial charge in [0.1, 0.15) is 0 Å². The molecule has 0 radical (unpaired) electrons. The highest BCUT2D eigenvalue weighted by Gasteiger charge is 2.23. The van der Waals surface area contributed by atoms with Crippen LogP contribution in [0.3, 0.4) is 0 Å². The Morgan fingerprint density at radius 3 is 2.53 bits per heavy atom. The molecular formula is C10H15N3O2. The third-order valence-electron chi connectivity index (χ3n) is 2.11. The number of hydrogen-bond donors (Lipinski definition) is 1. The molecule has 0 fully saturated rings. The molecule has 0 saturated carbocycles. The van der Waals surface area contributed by atoms with Crippen molar-refractivity contribution in [1.29, 1.82) is 0 Å². The highest BCUT2D eigenvalue weighted by atomic mass is 16.5. The van der Waals surface area contributed by atoms with E-state index in [4.69, 9.17) is 10.5 Å². The van der Waals surface area contributed by atoms with Crippen molar-refractivity contribution in [3.63, 3.8) is 0 Å². The first-order valence-corrected chi connectivity index (χ1v) is 4.72. The fourth-order valence-corrected chi connectivity index (χ4v) is 1.10. The highest BCUT2D eigenvalue weighted by molar-refractivity contribution is 6.00. The molecule has 0 aliphatic heterocycles. The van der Waals surface area contributed by atoms with E-state index in [2.05, 4.69) is 9.97 Å². The van der Waals surface area contributed by atoms with Gasteiger partial charge in [0.25, 0.3) is 0 Å². The molecule has 0 aliphatic carbocycles. The van der Waals surface area contributed by atoms with Crippen LogP contribution in [-0.4, -0.2) is 28.9 Å². The summed E-state index contributed by atoms with van der Waals surface area (Å²) in [4.78, 5) is 19.7. The van der Waals surface area contributed by atoms with Gasteiger partial charge in [-0.25, -0.2) is 9.97 Å². The van der Waals surface area contributed by atoms with Crippen molar-refractivity contribution in [3.05, 3.63) is 18.1 Å². The Hall–Kier alpha value is -1.49. The molecule has 15 heavy (non-hydrogen) atoms. The quantitative estimate of drug-likeness (QED) is 0.737. The van der Waals surface area contributed by atoms with Gasteiger partial charge in [0.15, 0.2) is 5.69 Å². The molecule has 1 rings (SSSR count). The molecule has 1 unspecified atom stereocenters. The smallest absolute Gasteiger partial charge is 0.243 e. The van der Waals surface area contributed by atoms with E-state index in [1.165, 1.54) is 19.5 Å². The molecule has 0 aromatic carbocycles. The van der Waals surface area contributed by atoms with Gasteiger partial charge < -0.3 is 10.5 Å². The first-order valence-electron chi connectivity index (χ1n) is 4.72. The number of rotatable bonds is 4. The van der Waals surface area contributed by atoms with E-state index in [1.807, 2.05) is 13.8 Å². The summed E-state index contributed by atoms with van der Waals surface area (Å²) < 4.78 is 4.95. The standard InChI is InChI=1S/C10H15N3O2/c1-6(2)7(11)9(14)8-10(15-3)13-5-4-12-8/h4-7H,11H2,1-3H3. The first kappa shape index (κ1) is 11.6. The number of methoxy groups -OCH3 is 1. The molecule has 82 valence electrons. The predicted octanol–water partition coefficient (Wildman–Crippen LogP) is 0.651. The third-order valence-corrected chi connectivity index (χ3v) is 2.11. The van der Waals surface area contributed by atoms with Crippen LogP contribution in [0.15, 0.2) is 12.4 Å². The van der Waals surface area contributed by atoms with Crippen molar-refractivity contribution in [3.8, 4) is 5.88 Å². The lowest BCUT2D eigenvalue weighted by atomic mass is 9.99. The zero-order valence-corrected chi connectivity index (χ0v) is 9.10. The summed E-state index contributed by atoms with van der Waals surface area (Å²) in [5, 5.41) is 0. The number of ketones is 1. The van der Waals surface area contributed by atoms with Crippen LogP contribution in [0.5, 0.6) is 5.88 Å². The van der Waals surface area contributed by atoms with E-state index in [0.717, 1.165) is 0 Å². The predicted molar refractivity (Wildman–Crippen MR) is 55.7 cm³/mol. The molecule has 0 amide bonds. The van der Waals surface area contributed by atoms with Crippen molar-refractivity contribution in [2.45, 2.75) is 19.9 Å². The molecule has 0 bridgehead atoms. The summed E-state index contributed by atoms with van der Waals surface area (Å²) in [6.07, 6.45) is 2.92. The zero-order valence-electron chi connectivity index (χ0n) is 9.10. The second-order valence-electron chi connectivity index (χ2n) is 3.55. The fourth-order valence-electron chi connectivity index (χ4n) is 1.10. The van der Waals surface area contributed by atoms with Crippen LogP contribution < -0.4 is 10.5 Å². The Balaban J connectivity index is 3.00. The number of nitrogens with zero attached hydrogens (tertiary/aromatic N) is 2. The molecular weight excluding hydrogens is 194 g/mol. The third kappa shape index (κ3) is 2.50. The number of nitrogens with two attached hydrogens (primary N) is 1. The SMILES string of the molecule is COc1nccnc1C(=O)C(N)C(C)C.